The van der Waals surface area contributed by atoms with Crippen molar-refractivity contribution in [3.05, 3.63) is 45.2 Å². The van der Waals surface area contributed by atoms with Gasteiger partial charge in [-0.25, -0.2) is 10.3 Å². The molecule has 0 spiro atoms. The zero-order valence-electron chi connectivity index (χ0n) is 15.3. The summed E-state index contributed by atoms with van der Waals surface area (Å²) in [6.07, 6.45) is 4.50. The number of nitrogens with one attached hydrogen (secondary N) is 2. The van der Waals surface area contributed by atoms with Crippen LogP contribution in [0.15, 0.2) is 34.1 Å². The summed E-state index contributed by atoms with van der Waals surface area (Å²) in [7, 11) is 0. The monoisotopic (exact) mass is 382 g/mol. The highest BCUT2D eigenvalue weighted by atomic mass is 32.2. The first-order valence-corrected chi connectivity index (χ1v) is 10.4. The number of benzene rings is 1. The van der Waals surface area contributed by atoms with Crippen LogP contribution >= 0.6 is 23.5 Å². The predicted octanol–water partition coefficient (Wildman–Crippen LogP) is 3.89. The van der Waals surface area contributed by atoms with E-state index in [1.807, 2.05) is 51.5 Å². The molecule has 0 aliphatic heterocycles. The summed E-state index contributed by atoms with van der Waals surface area (Å²) in [4.78, 5) is 29.3. The minimum absolute atomic E-state index is 0.0185. The number of carbonyl (C=O) groups excluding carboxylic acids is 2. The lowest BCUT2D eigenvalue weighted by Gasteiger charge is -2.15. The molecule has 2 N–H and O–H groups in total. The number of carbonyl (C=O) groups is 2. The van der Waals surface area contributed by atoms with Crippen LogP contribution in [0.4, 0.5) is 4.79 Å². The number of rotatable bonds is 8. The molecular formula is C18H26N2O3S2. The van der Waals surface area contributed by atoms with Crippen molar-refractivity contribution in [3.63, 3.8) is 0 Å². The molecule has 7 heteroatoms. The summed E-state index contributed by atoms with van der Waals surface area (Å²) in [5, 5.41) is 2.32. The van der Waals surface area contributed by atoms with Crippen LogP contribution in [0.3, 0.4) is 0 Å². The molecule has 0 atom stereocenters. The fourth-order valence-electron chi connectivity index (χ4n) is 2.24. The van der Waals surface area contributed by atoms with Crippen LogP contribution < -0.4 is 10.8 Å². The Hall–Kier alpha value is -1.44. The highest BCUT2D eigenvalue weighted by Gasteiger charge is 2.20. The van der Waals surface area contributed by atoms with Gasteiger partial charge in [0.05, 0.1) is 6.61 Å². The van der Waals surface area contributed by atoms with Gasteiger partial charge in [-0.1, -0.05) is 43.7 Å². The van der Waals surface area contributed by atoms with Crippen molar-refractivity contribution in [1.29, 1.82) is 0 Å². The zero-order chi connectivity index (χ0) is 18.8. The van der Waals surface area contributed by atoms with Crippen molar-refractivity contribution in [1.82, 2.24) is 10.8 Å². The third kappa shape index (κ3) is 7.54. The average Bonchev–Trinajstić information content (AvgIpc) is 2.55. The third-order valence-corrected chi connectivity index (χ3v) is 5.56. The minimum Gasteiger partial charge on any atom is -0.272 e. The van der Waals surface area contributed by atoms with E-state index in [0.717, 1.165) is 9.80 Å². The van der Waals surface area contributed by atoms with Gasteiger partial charge >= 0.3 is 6.03 Å². The van der Waals surface area contributed by atoms with Crippen LogP contribution in [0.5, 0.6) is 0 Å². The van der Waals surface area contributed by atoms with Gasteiger partial charge in [0.2, 0.25) is 0 Å². The SMILES string of the molecule is CSC(SC)=C(C(=O)NC(=O)NOCCc1cccc(C)c1)C(C)C. The van der Waals surface area contributed by atoms with Gasteiger partial charge in [-0.3, -0.25) is 14.9 Å². The highest BCUT2D eigenvalue weighted by Crippen LogP contribution is 2.31. The van der Waals surface area contributed by atoms with E-state index in [1.165, 1.54) is 29.1 Å². The van der Waals surface area contributed by atoms with Gasteiger partial charge in [-0.2, -0.15) is 0 Å². The lowest BCUT2D eigenvalue weighted by molar-refractivity contribution is -0.117. The fourth-order valence-corrected chi connectivity index (χ4v) is 4.01. The largest absolute Gasteiger partial charge is 0.345 e. The molecule has 0 aromatic heterocycles. The summed E-state index contributed by atoms with van der Waals surface area (Å²) in [5.74, 6) is -0.376. The fraction of sp³-hybridized carbons (Fsp3) is 0.444. The van der Waals surface area contributed by atoms with Crippen LogP contribution in [-0.2, 0) is 16.1 Å². The number of hydroxylamine groups is 1. The Morgan fingerprint density at radius 3 is 2.44 bits per heavy atom. The molecule has 0 bridgehead atoms. The van der Waals surface area contributed by atoms with Crippen molar-refractivity contribution in [2.45, 2.75) is 27.2 Å². The molecule has 5 nitrogen and oxygen atoms in total. The molecule has 0 heterocycles. The molecule has 0 unspecified atom stereocenters. The quantitative estimate of drug-likeness (QED) is 0.406. The predicted molar refractivity (Wildman–Crippen MR) is 106 cm³/mol. The molecular weight excluding hydrogens is 356 g/mol. The average molecular weight is 383 g/mol. The lowest BCUT2D eigenvalue weighted by atomic mass is 10.1. The highest BCUT2D eigenvalue weighted by molar-refractivity contribution is 8.21. The van der Waals surface area contributed by atoms with Crippen LogP contribution in [0.2, 0.25) is 0 Å². The first-order chi connectivity index (χ1) is 11.9. The topological polar surface area (TPSA) is 67.4 Å². The third-order valence-electron chi connectivity index (χ3n) is 3.38. The molecule has 0 radical (unpaired) electrons. The number of thioether (sulfide) groups is 2. The molecule has 0 aliphatic carbocycles. The maximum atomic E-state index is 12.3. The Balaban J connectivity index is 2.47. The van der Waals surface area contributed by atoms with Gasteiger partial charge in [0, 0.05) is 9.81 Å². The zero-order valence-corrected chi connectivity index (χ0v) is 17.0. The Morgan fingerprint density at radius 1 is 1.20 bits per heavy atom. The van der Waals surface area contributed by atoms with E-state index < -0.39 is 11.9 Å². The van der Waals surface area contributed by atoms with Gasteiger partial charge in [0.1, 0.15) is 0 Å². The molecule has 0 saturated carbocycles. The Bertz CT molecular complexity index is 625. The molecule has 138 valence electrons. The first-order valence-electron chi connectivity index (χ1n) is 7.99. The summed E-state index contributed by atoms with van der Waals surface area (Å²) in [6, 6.07) is 7.43. The molecule has 1 rings (SSSR count). The van der Waals surface area contributed by atoms with Crippen molar-refractivity contribution in [2.24, 2.45) is 5.92 Å². The number of hydrogen-bond donors (Lipinski definition) is 2. The van der Waals surface area contributed by atoms with Gasteiger partial charge in [0.15, 0.2) is 0 Å². The molecule has 0 fully saturated rings. The number of amides is 3. The Kier molecular flexibility index (Phi) is 9.70. The van der Waals surface area contributed by atoms with Gasteiger partial charge in [0.25, 0.3) is 5.91 Å². The maximum Gasteiger partial charge on any atom is 0.345 e. The van der Waals surface area contributed by atoms with Crippen molar-refractivity contribution < 1.29 is 14.4 Å². The summed E-state index contributed by atoms with van der Waals surface area (Å²) < 4.78 is 0.903. The van der Waals surface area contributed by atoms with Gasteiger partial charge < -0.3 is 0 Å². The smallest absolute Gasteiger partial charge is 0.272 e. The molecule has 25 heavy (non-hydrogen) atoms. The van der Waals surface area contributed by atoms with Gasteiger partial charge in [-0.05, 0) is 37.3 Å². The van der Waals surface area contributed by atoms with E-state index in [-0.39, 0.29) is 5.92 Å². The van der Waals surface area contributed by atoms with E-state index in [9.17, 15) is 9.59 Å². The molecule has 3 amide bonds. The van der Waals surface area contributed by atoms with E-state index in [4.69, 9.17) is 4.84 Å². The van der Waals surface area contributed by atoms with Crippen molar-refractivity contribution >= 4 is 35.5 Å². The van der Waals surface area contributed by atoms with Crippen LogP contribution in [0.25, 0.3) is 0 Å². The first kappa shape index (κ1) is 21.6. The van der Waals surface area contributed by atoms with Crippen LogP contribution in [0.1, 0.15) is 25.0 Å². The van der Waals surface area contributed by atoms with Crippen molar-refractivity contribution in [3.8, 4) is 0 Å². The van der Waals surface area contributed by atoms with E-state index in [0.29, 0.717) is 18.6 Å². The lowest BCUT2D eigenvalue weighted by Crippen LogP contribution is -2.41. The van der Waals surface area contributed by atoms with Crippen LogP contribution in [-0.4, -0.2) is 31.1 Å². The number of hydrogen-bond acceptors (Lipinski definition) is 5. The Morgan fingerprint density at radius 2 is 1.88 bits per heavy atom. The molecule has 0 saturated heterocycles. The Labute approximate surface area is 158 Å². The summed E-state index contributed by atoms with van der Waals surface area (Å²) in [5.41, 5.74) is 5.18. The minimum atomic E-state index is -0.658. The van der Waals surface area contributed by atoms with E-state index in [1.54, 1.807) is 0 Å². The normalized spacial score (nSPS) is 10.5. The molecule has 1 aromatic carbocycles. The number of imide groups is 1. The maximum absolute atomic E-state index is 12.3. The standard InChI is InChI=1S/C18H26N2O3S2/c1-12(2)15(17(24-4)25-5)16(21)19-18(22)20-23-10-9-14-8-6-7-13(3)11-14/h6-8,11-12H,9-10H2,1-5H3,(H2,19,20,21,22). The van der Waals surface area contributed by atoms with Crippen LogP contribution in [0, 0.1) is 12.8 Å². The van der Waals surface area contributed by atoms with E-state index in [2.05, 4.69) is 16.9 Å². The number of urea groups is 1. The second-order valence-corrected chi connectivity index (χ2v) is 7.63. The number of aryl methyl sites for hydroxylation is 1. The van der Waals surface area contributed by atoms with Crippen molar-refractivity contribution in [2.75, 3.05) is 19.1 Å². The summed E-state index contributed by atoms with van der Waals surface area (Å²) >= 11 is 3.00. The van der Waals surface area contributed by atoms with E-state index >= 15 is 0 Å². The van der Waals surface area contributed by atoms with Gasteiger partial charge in [-0.15, -0.1) is 23.5 Å². The molecule has 0 aliphatic rings. The second kappa shape index (κ2) is 11.2. The summed E-state index contributed by atoms with van der Waals surface area (Å²) in [6.45, 7) is 6.22. The molecule has 1 aromatic rings. The second-order valence-electron chi connectivity index (χ2n) is 5.74.